The number of aromatic nitrogens is 3. The van der Waals surface area contributed by atoms with Crippen molar-refractivity contribution in [1.29, 1.82) is 0 Å². The highest BCUT2D eigenvalue weighted by Crippen LogP contribution is 2.24. The topological polar surface area (TPSA) is 56.7 Å². The highest BCUT2D eigenvalue weighted by molar-refractivity contribution is 14.1. The van der Waals surface area contributed by atoms with Crippen LogP contribution in [0.4, 0.5) is 10.3 Å². The summed E-state index contributed by atoms with van der Waals surface area (Å²) in [7, 11) is 0. The van der Waals surface area contributed by atoms with Crippen LogP contribution in [0.25, 0.3) is 11.0 Å². The summed E-state index contributed by atoms with van der Waals surface area (Å²) >= 11 is 3.51. The van der Waals surface area contributed by atoms with Gasteiger partial charge in [0.1, 0.15) is 10.8 Å². The van der Waals surface area contributed by atoms with E-state index in [1.165, 1.54) is 6.07 Å². The first-order valence-electron chi connectivity index (χ1n) is 5.56. The van der Waals surface area contributed by atoms with Crippen molar-refractivity contribution in [2.45, 2.75) is 13.5 Å². The molecule has 2 N–H and O–H groups in total. The molecule has 0 saturated heterocycles. The Labute approximate surface area is 126 Å². The summed E-state index contributed by atoms with van der Waals surface area (Å²) in [4.78, 5) is 8.66. The minimum absolute atomic E-state index is 0.260. The molecule has 4 nitrogen and oxygen atoms in total. The van der Waals surface area contributed by atoms with Crippen molar-refractivity contribution in [2.24, 2.45) is 0 Å². The number of fused-ring (bicyclic) bond motifs is 1. The predicted octanol–water partition coefficient (Wildman–Crippen LogP) is 3.18. The highest BCUT2D eigenvalue weighted by Gasteiger charge is 2.13. The van der Waals surface area contributed by atoms with Crippen LogP contribution < -0.4 is 5.73 Å². The van der Waals surface area contributed by atoms with E-state index in [1.807, 2.05) is 34.9 Å². The maximum Gasteiger partial charge on any atom is 0.201 e. The summed E-state index contributed by atoms with van der Waals surface area (Å²) < 4.78 is 16.0. The molecule has 0 spiro atoms. The average molecular weight is 388 g/mol. The van der Waals surface area contributed by atoms with E-state index < -0.39 is 0 Å². The lowest BCUT2D eigenvalue weighted by molar-refractivity contribution is 0.621. The second kappa shape index (κ2) is 4.71. The predicted molar refractivity (Wildman–Crippen MR) is 82.8 cm³/mol. The van der Waals surface area contributed by atoms with Gasteiger partial charge in [0.05, 0.1) is 21.1 Å². The molecule has 0 fully saturated rings. The Morgan fingerprint density at radius 3 is 2.89 bits per heavy atom. The van der Waals surface area contributed by atoms with Crippen molar-refractivity contribution in [2.75, 3.05) is 5.73 Å². The summed E-state index contributed by atoms with van der Waals surface area (Å²) in [5, 5.41) is 2.91. The molecule has 3 rings (SSSR count). The quantitative estimate of drug-likeness (QED) is 0.687. The number of nitrogen functional groups attached to an aromatic ring is 1. The molecule has 2 aromatic heterocycles. The zero-order valence-corrected chi connectivity index (χ0v) is 13.0. The largest absolute Gasteiger partial charge is 0.369 e. The molecule has 0 bridgehead atoms. The van der Waals surface area contributed by atoms with Crippen LogP contribution in [0.15, 0.2) is 17.5 Å². The molecule has 98 valence electrons. The van der Waals surface area contributed by atoms with Gasteiger partial charge in [-0.3, -0.25) is 0 Å². The molecule has 0 aliphatic carbocycles. The minimum atomic E-state index is -0.260. The SMILES string of the molecule is Cc1csc(Cn2c(N)nc3cc(I)c(F)cc32)n1. The van der Waals surface area contributed by atoms with E-state index in [0.717, 1.165) is 10.7 Å². The van der Waals surface area contributed by atoms with Crippen molar-refractivity contribution in [3.8, 4) is 0 Å². The molecule has 0 saturated carbocycles. The van der Waals surface area contributed by atoms with Crippen LogP contribution in [0.5, 0.6) is 0 Å². The van der Waals surface area contributed by atoms with E-state index in [4.69, 9.17) is 5.73 Å². The van der Waals surface area contributed by atoms with Crippen LogP contribution >= 0.6 is 33.9 Å². The molecule has 0 aliphatic rings. The number of aryl methyl sites for hydroxylation is 1. The number of rotatable bonds is 2. The zero-order valence-electron chi connectivity index (χ0n) is 10.0. The number of hydrogen-bond donors (Lipinski definition) is 1. The van der Waals surface area contributed by atoms with Gasteiger partial charge in [0.25, 0.3) is 0 Å². The number of hydrogen-bond acceptors (Lipinski definition) is 4. The van der Waals surface area contributed by atoms with Crippen molar-refractivity contribution in [3.05, 3.63) is 37.6 Å². The molecule has 0 radical (unpaired) electrons. The van der Waals surface area contributed by atoms with Gasteiger partial charge in [-0.1, -0.05) is 0 Å². The summed E-state index contributed by atoms with van der Waals surface area (Å²) in [5.74, 6) is 0.119. The van der Waals surface area contributed by atoms with E-state index in [-0.39, 0.29) is 5.82 Å². The number of nitrogens with two attached hydrogens (primary N) is 1. The smallest absolute Gasteiger partial charge is 0.201 e. The first kappa shape index (κ1) is 12.8. The van der Waals surface area contributed by atoms with E-state index in [9.17, 15) is 4.39 Å². The Balaban J connectivity index is 2.12. The molecule has 0 unspecified atom stereocenters. The van der Waals surface area contributed by atoms with E-state index in [0.29, 0.717) is 27.1 Å². The van der Waals surface area contributed by atoms with E-state index in [2.05, 4.69) is 9.97 Å². The standard InChI is InChI=1S/C12H10FIN4S/c1-6-5-19-11(16-6)4-18-10-2-7(13)8(14)3-9(10)17-12(18)15/h2-3,5H,4H2,1H3,(H2,15,17). The Hall–Kier alpha value is -1.22. The lowest BCUT2D eigenvalue weighted by atomic mass is 10.3. The van der Waals surface area contributed by atoms with Crippen LogP contribution in [0.1, 0.15) is 10.7 Å². The molecule has 0 amide bonds. The monoisotopic (exact) mass is 388 g/mol. The maximum atomic E-state index is 13.7. The fraction of sp³-hybridized carbons (Fsp3) is 0.167. The lowest BCUT2D eigenvalue weighted by Gasteiger charge is -2.04. The zero-order chi connectivity index (χ0) is 13.6. The Bertz CT molecular complexity index is 765. The van der Waals surface area contributed by atoms with Gasteiger partial charge < -0.3 is 10.3 Å². The van der Waals surface area contributed by atoms with Gasteiger partial charge in [0, 0.05) is 17.1 Å². The number of thiazole rings is 1. The average Bonchev–Trinajstić information content (AvgIpc) is 2.87. The van der Waals surface area contributed by atoms with Gasteiger partial charge in [0.2, 0.25) is 5.95 Å². The van der Waals surface area contributed by atoms with Crippen LogP contribution in [-0.4, -0.2) is 14.5 Å². The van der Waals surface area contributed by atoms with Crippen molar-refractivity contribution < 1.29 is 4.39 Å². The normalized spacial score (nSPS) is 11.3. The van der Waals surface area contributed by atoms with Crippen LogP contribution in [0, 0.1) is 16.3 Å². The molecule has 0 atom stereocenters. The first-order chi connectivity index (χ1) is 9.04. The molecule has 2 heterocycles. The number of halogens is 2. The molecule has 0 aliphatic heterocycles. The molecular weight excluding hydrogens is 378 g/mol. The van der Waals surface area contributed by atoms with Crippen LogP contribution in [-0.2, 0) is 6.54 Å². The molecule has 3 aromatic rings. The number of anilines is 1. The number of imidazole rings is 1. The fourth-order valence-corrected chi connectivity index (χ4v) is 3.13. The lowest BCUT2D eigenvalue weighted by Crippen LogP contribution is -2.04. The number of nitrogens with zero attached hydrogens (tertiary/aromatic N) is 3. The highest BCUT2D eigenvalue weighted by atomic mass is 127. The van der Waals surface area contributed by atoms with Gasteiger partial charge >= 0.3 is 0 Å². The third-order valence-electron chi connectivity index (χ3n) is 2.78. The summed E-state index contributed by atoms with van der Waals surface area (Å²) in [6, 6.07) is 3.17. The van der Waals surface area contributed by atoms with Crippen LogP contribution in [0.3, 0.4) is 0 Å². The number of benzene rings is 1. The second-order valence-corrected chi connectivity index (χ2v) is 6.30. The van der Waals surface area contributed by atoms with Gasteiger partial charge in [0.15, 0.2) is 0 Å². The molecule has 19 heavy (non-hydrogen) atoms. The van der Waals surface area contributed by atoms with Gasteiger partial charge in [-0.05, 0) is 35.6 Å². The molecule has 7 heteroatoms. The third-order valence-corrected chi connectivity index (χ3v) is 4.56. The van der Waals surface area contributed by atoms with Crippen molar-refractivity contribution in [3.63, 3.8) is 0 Å². The summed E-state index contributed by atoms with van der Waals surface area (Å²) in [5.41, 5.74) is 8.29. The second-order valence-electron chi connectivity index (χ2n) is 4.19. The Morgan fingerprint density at radius 2 is 2.21 bits per heavy atom. The van der Waals surface area contributed by atoms with Crippen molar-refractivity contribution in [1.82, 2.24) is 14.5 Å². The molecular formula is C12H10FIN4S. The van der Waals surface area contributed by atoms with Crippen molar-refractivity contribution >= 4 is 50.9 Å². The van der Waals surface area contributed by atoms with Gasteiger partial charge in [-0.25, -0.2) is 14.4 Å². The molecule has 1 aromatic carbocycles. The first-order valence-corrected chi connectivity index (χ1v) is 7.52. The van der Waals surface area contributed by atoms with E-state index in [1.54, 1.807) is 22.0 Å². The Morgan fingerprint density at radius 1 is 1.42 bits per heavy atom. The fourth-order valence-electron chi connectivity index (χ4n) is 1.92. The van der Waals surface area contributed by atoms with Crippen LogP contribution in [0.2, 0.25) is 0 Å². The summed E-state index contributed by atoms with van der Waals surface area (Å²) in [6.07, 6.45) is 0. The van der Waals surface area contributed by atoms with Gasteiger partial charge in [-0.15, -0.1) is 11.3 Å². The van der Waals surface area contributed by atoms with Gasteiger partial charge in [-0.2, -0.15) is 0 Å². The summed E-state index contributed by atoms with van der Waals surface area (Å²) in [6.45, 7) is 2.46. The Kier molecular flexibility index (Phi) is 3.17. The minimum Gasteiger partial charge on any atom is -0.369 e. The van der Waals surface area contributed by atoms with E-state index >= 15 is 0 Å². The maximum absolute atomic E-state index is 13.7. The third kappa shape index (κ3) is 2.32.